The van der Waals surface area contributed by atoms with E-state index in [0.29, 0.717) is 0 Å². The Balaban J connectivity index is 1.78. The molecule has 2 amide bonds. The number of nitrogens with one attached hydrogen (secondary N) is 3. The maximum absolute atomic E-state index is 11.6. The molecule has 116 valence electrons. The molecule has 4 heteroatoms. The van der Waals surface area contributed by atoms with Gasteiger partial charge >= 0.3 is 6.03 Å². The summed E-state index contributed by atoms with van der Waals surface area (Å²) in [7, 11) is 0. The first-order chi connectivity index (χ1) is 10.6. The van der Waals surface area contributed by atoms with Crippen molar-refractivity contribution in [3.63, 3.8) is 0 Å². The number of rotatable bonds is 6. The van der Waals surface area contributed by atoms with E-state index in [-0.39, 0.29) is 12.1 Å². The number of carbonyl (C=O) groups excluding carboxylic acids is 1. The van der Waals surface area contributed by atoms with Gasteiger partial charge in [-0.15, -0.1) is 0 Å². The standard InChI is InChI=1S/C18H23N3O/c1-14(2)20-18(22)21-17-10-8-16(9-11-17)13-19-12-15-6-4-3-5-7-15/h3-11,14,19H,12-13H2,1-2H3,(H2,20,21,22). The minimum absolute atomic E-state index is 0.126. The van der Waals surface area contributed by atoms with Gasteiger partial charge in [-0.05, 0) is 37.1 Å². The van der Waals surface area contributed by atoms with Crippen molar-refractivity contribution < 1.29 is 4.79 Å². The summed E-state index contributed by atoms with van der Waals surface area (Å²) >= 11 is 0. The molecule has 2 rings (SSSR count). The molecule has 0 saturated carbocycles. The quantitative estimate of drug-likeness (QED) is 0.764. The van der Waals surface area contributed by atoms with Crippen LogP contribution in [0.3, 0.4) is 0 Å². The molecule has 0 aliphatic heterocycles. The Labute approximate surface area is 131 Å². The van der Waals surface area contributed by atoms with Crippen molar-refractivity contribution >= 4 is 11.7 Å². The number of urea groups is 1. The van der Waals surface area contributed by atoms with Gasteiger partial charge in [0.1, 0.15) is 0 Å². The van der Waals surface area contributed by atoms with Gasteiger partial charge in [-0.1, -0.05) is 42.5 Å². The van der Waals surface area contributed by atoms with Crippen LogP contribution in [0.5, 0.6) is 0 Å². The fourth-order valence-electron chi connectivity index (χ4n) is 2.08. The zero-order valence-corrected chi connectivity index (χ0v) is 13.1. The third-order valence-electron chi connectivity index (χ3n) is 3.13. The highest BCUT2D eigenvalue weighted by atomic mass is 16.2. The van der Waals surface area contributed by atoms with Gasteiger partial charge in [0.25, 0.3) is 0 Å². The molecule has 0 saturated heterocycles. The van der Waals surface area contributed by atoms with Crippen LogP contribution < -0.4 is 16.0 Å². The van der Waals surface area contributed by atoms with Crippen LogP contribution in [0, 0.1) is 0 Å². The van der Waals surface area contributed by atoms with Crippen LogP contribution in [-0.2, 0) is 13.1 Å². The van der Waals surface area contributed by atoms with E-state index in [9.17, 15) is 4.79 Å². The molecule has 0 aliphatic rings. The minimum atomic E-state index is -0.176. The van der Waals surface area contributed by atoms with Gasteiger partial charge < -0.3 is 16.0 Å². The lowest BCUT2D eigenvalue weighted by Crippen LogP contribution is -2.34. The first-order valence-electron chi connectivity index (χ1n) is 7.54. The number of carbonyl (C=O) groups is 1. The first kappa shape index (κ1) is 16.0. The van der Waals surface area contributed by atoms with Crippen LogP contribution in [0.2, 0.25) is 0 Å². The molecule has 0 aromatic heterocycles. The van der Waals surface area contributed by atoms with E-state index in [1.807, 2.05) is 56.3 Å². The lowest BCUT2D eigenvalue weighted by molar-refractivity contribution is 0.250. The van der Waals surface area contributed by atoms with E-state index in [1.54, 1.807) is 0 Å². The molecule has 0 radical (unpaired) electrons. The van der Waals surface area contributed by atoms with E-state index in [2.05, 4.69) is 28.1 Å². The van der Waals surface area contributed by atoms with Gasteiger partial charge in [0.15, 0.2) is 0 Å². The van der Waals surface area contributed by atoms with E-state index in [0.717, 1.165) is 18.8 Å². The average molecular weight is 297 g/mol. The van der Waals surface area contributed by atoms with Gasteiger partial charge in [-0.2, -0.15) is 0 Å². The normalized spacial score (nSPS) is 10.5. The Bertz CT molecular complexity index is 579. The Kier molecular flexibility index (Phi) is 5.98. The van der Waals surface area contributed by atoms with Crippen LogP contribution in [-0.4, -0.2) is 12.1 Å². The lowest BCUT2D eigenvalue weighted by Gasteiger charge is -2.11. The third kappa shape index (κ3) is 5.58. The summed E-state index contributed by atoms with van der Waals surface area (Å²) in [6, 6.07) is 18.1. The Morgan fingerprint density at radius 3 is 2.09 bits per heavy atom. The molecule has 0 heterocycles. The van der Waals surface area contributed by atoms with Gasteiger partial charge in [0, 0.05) is 24.8 Å². The lowest BCUT2D eigenvalue weighted by atomic mass is 10.2. The summed E-state index contributed by atoms with van der Waals surface area (Å²) in [4.78, 5) is 11.6. The van der Waals surface area contributed by atoms with E-state index >= 15 is 0 Å². The fourth-order valence-corrected chi connectivity index (χ4v) is 2.08. The second-order valence-electron chi connectivity index (χ2n) is 5.54. The second kappa shape index (κ2) is 8.20. The summed E-state index contributed by atoms with van der Waals surface area (Å²) in [6.45, 7) is 5.51. The summed E-state index contributed by atoms with van der Waals surface area (Å²) < 4.78 is 0. The molecule has 4 nitrogen and oxygen atoms in total. The molecule has 3 N–H and O–H groups in total. The van der Waals surface area contributed by atoms with Gasteiger partial charge in [-0.25, -0.2) is 4.79 Å². The number of anilines is 1. The zero-order chi connectivity index (χ0) is 15.8. The van der Waals surface area contributed by atoms with E-state index in [1.165, 1.54) is 11.1 Å². The fraction of sp³-hybridized carbons (Fsp3) is 0.278. The SMILES string of the molecule is CC(C)NC(=O)Nc1ccc(CNCc2ccccc2)cc1. The molecule has 0 unspecified atom stereocenters. The van der Waals surface area contributed by atoms with Crippen molar-refractivity contribution in [2.75, 3.05) is 5.32 Å². The van der Waals surface area contributed by atoms with E-state index in [4.69, 9.17) is 0 Å². The Morgan fingerprint density at radius 2 is 1.50 bits per heavy atom. The first-order valence-corrected chi connectivity index (χ1v) is 7.54. The zero-order valence-electron chi connectivity index (χ0n) is 13.1. The maximum Gasteiger partial charge on any atom is 0.319 e. The Morgan fingerprint density at radius 1 is 0.909 bits per heavy atom. The highest BCUT2D eigenvalue weighted by Gasteiger charge is 2.03. The highest BCUT2D eigenvalue weighted by molar-refractivity contribution is 5.89. The smallest absolute Gasteiger partial charge is 0.319 e. The van der Waals surface area contributed by atoms with Gasteiger partial charge in [0.05, 0.1) is 0 Å². The molecular weight excluding hydrogens is 274 g/mol. The Hall–Kier alpha value is -2.33. The summed E-state index contributed by atoms with van der Waals surface area (Å²) in [5.74, 6) is 0. The molecule has 0 bridgehead atoms. The molecule has 22 heavy (non-hydrogen) atoms. The number of hydrogen-bond acceptors (Lipinski definition) is 2. The molecule has 2 aromatic carbocycles. The van der Waals surface area contributed by atoms with Crippen LogP contribution in [0.4, 0.5) is 10.5 Å². The molecule has 0 spiro atoms. The number of hydrogen-bond donors (Lipinski definition) is 3. The van der Waals surface area contributed by atoms with Crippen LogP contribution in [0.25, 0.3) is 0 Å². The van der Waals surface area contributed by atoms with E-state index < -0.39 is 0 Å². The molecular formula is C18H23N3O. The third-order valence-corrected chi connectivity index (χ3v) is 3.13. The van der Waals surface area contributed by atoms with Crippen molar-refractivity contribution in [2.45, 2.75) is 33.0 Å². The predicted molar refractivity (Wildman–Crippen MR) is 90.7 cm³/mol. The largest absolute Gasteiger partial charge is 0.336 e. The minimum Gasteiger partial charge on any atom is -0.336 e. The van der Waals surface area contributed by atoms with Crippen LogP contribution >= 0.6 is 0 Å². The van der Waals surface area contributed by atoms with Crippen molar-refractivity contribution in [3.05, 3.63) is 65.7 Å². The van der Waals surface area contributed by atoms with Crippen molar-refractivity contribution in [3.8, 4) is 0 Å². The van der Waals surface area contributed by atoms with Crippen molar-refractivity contribution in [1.29, 1.82) is 0 Å². The van der Waals surface area contributed by atoms with Crippen molar-refractivity contribution in [2.24, 2.45) is 0 Å². The molecule has 0 atom stereocenters. The van der Waals surface area contributed by atoms with Gasteiger partial charge in [-0.3, -0.25) is 0 Å². The maximum atomic E-state index is 11.6. The average Bonchev–Trinajstić information content (AvgIpc) is 2.49. The summed E-state index contributed by atoms with van der Waals surface area (Å²) in [6.07, 6.45) is 0. The van der Waals surface area contributed by atoms with Crippen LogP contribution in [0.1, 0.15) is 25.0 Å². The van der Waals surface area contributed by atoms with Crippen LogP contribution in [0.15, 0.2) is 54.6 Å². The highest BCUT2D eigenvalue weighted by Crippen LogP contribution is 2.09. The monoisotopic (exact) mass is 297 g/mol. The molecule has 0 aliphatic carbocycles. The summed E-state index contributed by atoms with van der Waals surface area (Å²) in [5, 5.41) is 9.01. The number of amides is 2. The van der Waals surface area contributed by atoms with Crippen molar-refractivity contribution in [1.82, 2.24) is 10.6 Å². The summed E-state index contributed by atoms with van der Waals surface area (Å²) in [5.41, 5.74) is 3.25. The topological polar surface area (TPSA) is 53.2 Å². The molecule has 2 aromatic rings. The number of benzene rings is 2. The predicted octanol–water partition coefficient (Wildman–Crippen LogP) is 3.51. The van der Waals surface area contributed by atoms with Gasteiger partial charge in [0.2, 0.25) is 0 Å². The second-order valence-corrected chi connectivity index (χ2v) is 5.54. The molecule has 0 fully saturated rings.